The zero-order valence-electron chi connectivity index (χ0n) is 10.4. The molecule has 94 valence electrons. The normalized spacial score (nSPS) is 13.9. The minimum absolute atomic E-state index is 0.0588. The molecular weight excluding hydrogens is 282 g/mol. The van der Waals surface area contributed by atoms with Gasteiger partial charge in [0.05, 0.1) is 7.11 Å². The molecule has 1 N–H and O–H groups in total. The molecule has 0 bridgehead atoms. The molecule has 1 aromatic rings. The Morgan fingerprint density at radius 1 is 1.41 bits per heavy atom. The summed E-state index contributed by atoms with van der Waals surface area (Å²) in [6.07, 6.45) is 0.875. The monoisotopic (exact) mass is 299 g/mol. The molecule has 4 heteroatoms. The number of benzene rings is 1. The maximum atomic E-state index is 12.0. The molecule has 0 aromatic heterocycles. The van der Waals surface area contributed by atoms with E-state index in [1.165, 1.54) is 0 Å². The fourth-order valence-corrected chi connectivity index (χ4v) is 1.84. The van der Waals surface area contributed by atoms with E-state index in [0.29, 0.717) is 5.56 Å². The maximum Gasteiger partial charge on any atom is 0.251 e. The third-order valence-corrected chi connectivity index (χ3v) is 4.08. The molecule has 1 amide bonds. The lowest BCUT2D eigenvalue weighted by molar-refractivity contribution is 0.0913. The SMILES string of the molecule is CCC(C)(CBr)NC(=O)c1ccc(OC)cc1. The number of halogens is 1. The van der Waals surface area contributed by atoms with Gasteiger partial charge >= 0.3 is 0 Å². The number of hydrogen-bond donors (Lipinski definition) is 1. The first kappa shape index (κ1) is 14.0. The van der Waals surface area contributed by atoms with Gasteiger partial charge in [-0.2, -0.15) is 0 Å². The molecule has 3 nitrogen and oxygen atoms in total. The first-order chi connectivity index (χ1) is 8.04. The second kappa shape index (κ2) is 6.05. The van der Waals surface area contributed by atoms with Gasteiger partial charge in [-0.1, -0.05) is 22.9 Å². The van der Waals surface area contributed by atoms with Crippen molar-refractivity contribution in [2.24, 2.45) is 0 Å². The number of alkyl halides is 1. The molecule has 0 saturated carbocycles. The average Bonchev–Trinajstić information content (AvgIpc) is 2.38. The van der Waals surface area contributed by atoms with Crippen LogP contribution in [0, 0.1) is 0 Å². The van der Waals surface area contributed by atoms with E-state index >= 15 is 0 Å². The minimum atomic E-state index is -0.211. The molecule has 1 unspecified atom stereocenters. The number of carbonyl (C=O) groups excluding carboxylic acids is 1. The molecule has 0 fully saturated rings. The lowest BCUT2D eigenvalue weighted by Crippen LogP contribution is -2.46. The summed E-state index contributed by atoms with van der Waals surface area (Å²) in [5.74, 6) is 0.691. The van der Waals surface area contributed by atoms with E-state index in [9.17, 15) is 4.79 Å². The molecule has 0 aliphatic carbocycles. The molecular formula is C13H18BrNO2. The van der Waals surface area contributed by atoms with Crippen LogP contribution in [0.1, 0.15) is 30.6 Å². The summed E-state index contributed by atoms with van der Waals surface area (Å²) in [5.41, 5.74) is 0.434. The van der Waals surface area contributed by atoms with Gasteiger partial charge < -0.3 is 10.1 Å². The molecule has 0 aliphatic heterocycles. The fourth-order valence-electron chi connectivity index (χ4n) is 1.30. The number of nitrogens with one attached hydrogen (secondary N) is 1. The smallest absolute Gasteiger partial charge is 0.251 e. The maximum absolute atomic E-state index is 12.0. The van der Waals surface area contributed by atoms with Crippen LogP contribution in [0.15, 0.2) is 24.3 Å². The summed E-state index contributed by atoms with van der Waals surface area (Å²) < 4.78 is 5.05. The fraction of sp³-hybridized carbons (Fsp3) is 0.462. The summed E-state index contributed by atoms with van der Waals surface area (Å²) in [6.45, 7) is 4.07. The van der Waals surface area contributed by atoms with Gasteiger partial charge in [0.1, 0.15) is 5.75 Å². The summed E-state index contributed by atoms with van der Waals surface area (Å²) in [5, 5.41) is 3.75. The number of carbonyl (C=O) groups is 1. The van der Waals surface area contributed by atoms with E-state index < -0.39 is 0 Å². The van der Waals surface area contributed by atoms with E-state index in [0.717, 1.165) is 17.5 Å². The molecule has 0 aliphatic rings. The molecule has 0 radical (unpaired) electrons. The lowest BCUT2D eigenvalue weighted by Gasteiger charge is -2.27. The average molecular weight is 300 g/mol. The van der Waals surface area contributed by atoms with Gasteiger partial charge in [0.15, 0.2) is 0 Å². The van der Waals surface area contributed by atoms with Crippen molar-refractivity contribution < 1.29 is 9.53 Å². The Kier molecular flexibility index (Phi) is 5.00. The van der Waals surface area contributed by atoms with Gasteiger partial charge in [0.2, 0.25) is 0 Å². The number of amides is 1. The Morgan fingerprint density at radius 2 is 2.00 bits per heavy atom. The minimum Gasteiger partial charge on any atom is -0.497 e. The predicted octanol–water partition coefficient (Wildman–Crippen LogP) is 2.99. The van der Waals surface area contributed by atoms with E-state index in [1.807, 2.05) is 6.92 Å². The van der Waals surface area contributed by atoms with Crippen LogP contribution in [0.5, 0.6) is 5.75 Å². The predicted molar refractivity (Wildman–Crippen MR) is 73.0 cm³/mol. The highest BCUT2D eigenvalue weighted by Gasteiger charge is 2.23. The van der Waals surface area contributed by atoms with Crippen molar-refractivity contribution in [3.8, 4) is 5.75 Å². The van der Waals surface area contributed by atoms with Gasteiger partial charge in [0.25, 0.3) is 5.91 Å². The molecule has 1 rings (SSSR count). The Bertz CT molecular complexity index is 372. The zero-order chi connectivity index (χ0) is 12.9. The van der Waals surface area contributed by atoms with Gasteiger partial charge in [-0.15, -0.1) is 0 Å². The van der Waals surface area contributed by atoms with Crippen LogP contribution in [-0.2, 0) is 0 Å². The number of ether oxygens (including phenoxy) is 1. The molecule has 0 heterocycles. The standard InChI is InChI=1S/C13H18BrNO2/c1-4-13(2,9-14)15-12(16)10-5-7-11(17-3)8-6-10/h5-8H,4,9H2,1-3H3,(H,15,16). The van der Waals surface area contributed by atoms with Crippen molar-refractivity contribution in [2.45, 2.75) is 25.8 Å². The molecule has 1 aromatic carbocycles. The van der Waals surface area contributed by atoms with E-state index in [4.69, 9.17) is 4.74 Å². The topological polar surface area (TPSA) is 38.3 Å². The van der Waals surface area contributed by atoms with Crippen molar-refractivity contribution >= 4 is 21.8 Å². The number of methoxy groups -OCH3 is 1. The summed E-state index contributed by atoms with van der Waals surface area (Å²) in [4.78, 5) is 12.0. The molecule has 1 atom stereocenters. The van der Waals surface area contributed by atoms with Crippen LogP contribution in [0.2, 0.25) is 0 Å². The first-order valence-electron chi connectivity index (χ1n) is 5.57. The van der Waals surface area contributed by atoms with Crippen molar-refractivity contribution in [1.29, 1.82) is 0 Å². The van der Waals surface area contributed by atoms with E-state index in [2.05, 4.69) is 28.2 Å². The summed E-state index contributed by atoms with van der Waals surface area (Å²) in [6, 6.07) is 7.09. The largest absolute Gasteiger partial charge is 0.497 e. The lowest BCUT2D eigenvalue weighted by atomic mass is 10.0. The highest BCUT2D eigenvalue weighted by molar-refractivity contribution is 9.09. The van der Waals surface area contributed by atoms with Gasteiger partial charge in [-0.05, 0) is 37.6 Å². The van der Waals surface area contributed by atoms with Crippen molar-refractivity contribution in [2.75, 3.05) is 12.4 Å². The highest BCUT2D eigenvalue weighted by Crippen LogP contribution is 2.15. The Morgan fingerprint density at radius 3 is 2.41 bits per heavy atom. The van der Waals surface area contributed by atoms with Crippen molar-refractivity contribution in [3.63, 3.8) is 0 Å². The van der Waals surface area contributed by atoms with Crippen LogP contribution in [0.4, 0.5) is 0 Å². The second-order valence-corrected chi connectivity index (χ2v) is 4.79. The van der Waals surface area contributed by atoms with Crippen LogP contribution >= 0.6 is 15.9 Å². The van der Waals surface area contributed by atoms with Gasteiger partial charge in [0, 0.05) is 16.4 Å². The number of hydrogen-bond acceptors (Lipinski definition) is 2. The van der Waals surface area contributed by atoms with Crippen LogP contribution in [0.3, 0.4) is 0 Å². The molecule has 0 saturated heterocycles. The van der Waals surface area contributed by atoms with Crippen molar-refractivity contribution in [3.05, 3.63) is 29.8 Å². The van der Waals surface area contributed by atoms with E-state index in [1.54, 1.807) is 31.4 Å². The molecule has 0 spiro atoms. The van der Waals surface area contributed by atoms with Crippen LogP contribution < -0.4 is 10.1 Å². The van der Waals surface area contributed by atoms with Crippen LogP contribution in [0.25, 0.3) is 0 Å². The summed E-state index contributed by atoms with van der Waals surface area (Å²) in [7, 11) is 1.61. The Hall–Kier alpha value is -1.03. The van der Waals surface area contributed by atoms with Crippen LogP contribution in [-0.4, -0.2) is 23.9 Å². The third kappa shape index (κ3) is 3.73. The number of rotatable bonds is 5. The molecule has 17 heavy (non-hydrogen) atoms. The second-order valence-electron chi connectivity index (χ2n) is 4.23. The third-order valence-electron chi connectivity index (χ3n) is 2.84. The van der Waals surface area contributed by atoms with Gasteiger partial charge in [-0.3, -0.25) is 4.79 Å². The quantitative estimate of drug-likeness (QED) is 0.849. The summed E-state index contributed by atoms with van der Waals surface area (Å²) >= 11 is 3.42. The Labute approximate surface area is 111 Å². The highest BCUT2D eigenvalue weighted by atomic mass is 79.9. The van der Waals surface area contributed by atoms with Gasteiger partial charge in [-0.25, -0.2) is 0 Å². The first-order valence-corrected chi connectivity index (χ1v) is 6.69. The Balaban J connectivity index is 2.75. The van der Waals surface area contributed by atoms with Crippen molar-refractivity contribution in [1.82, 2.24) is 5.32 Å². The zero-order valence-corrected chi connectivity index (χ0v) is 12.0. The van der Waals surface area contributed by atoms with E-state index in [-0.39, 0.29) is 11.4 Å².